The zero-order valence-corrected chi connectivity index (χ0v) is 20.1. The number of carbonyl (C=O) groups excluding carboxylic acids is 2. The molecule has 0 aromatic heterocycles. The van der Waals surface area contributed by atoms with Gasteiger partial charge in [0.25, 0.3) is 11.7 Å². The summed E-state index contributed by atoms with van der Waals surface area (Å²) in [5.41, 5.74) is 2.13. The quantitative estimate of drug-likeness (QED) is 0.239. The lowest BCUT2D eigenvalue weighted by Crippen LogP contribution is -2.30. The topological polar surface area (TPSA) is 76.1 Å². The molecule has 3 rings (SSSR count). The van der Waals surface area contributed by atoms with E-state index in [1.54, 1.807) is 30.2 Å². The van der Waals surface area contributed by atoms with E-state index >= 15 is 0 Å². The fourth-order valence-electron chi connectivity index (χ4n) is 4.14. The van der Waals surface area contributed by atoms with Crippen molar-refractivity contribution in [1.82, 2.24) is 4.90 Å². The number of amides is 1. The van der Waals surface area contributed by atoms with E-state index in [0.29, 0.717) is 23.6 Å². The van der Waals surface area contributed by atoms with Crippen LogP contribution in [0.1, 0.15) is 62.8 Å². The van der Waals surface area contributed by atoms with Gasteiger partial charge in [-0.1, -0.05) is 31.9 Å². The van der Waals surface area contributed by atoms with E-state index in [1.807, 2.05) is 45.0 Å². The first-order valence-corrected chi connectivity index (χ1v) is 11.5. The maximum absolute atomic E-state index is 13.1. The minimum absolute atomic E-state index is 0.0182. The highest BCUT2D eigenvalue weighted by molar-refractivity contribution is 6.46. The number of nitrogens with zero attached hydrogens (tertiary/aromatic N) is 1. The number of ketones is 1. The average molecular weight is 452 g/mol. The maximum atomic E-state index is 13.1. The summed E-state index contributed by atoms with van der Waals surface area (Å²) < 4.78 is 11.2. The summed E-state index contributed by atoms with van der Waals surface area (Å²) in [6.07, 6.45) is 2.75. The Morgan fingerprint density at radius 1 is 1.12 bits per heavy atom. The van der Waals surface area contributed by atoms with Crippen molar-refractivity contribution in [1.29, 1.82) is 0 Å². The molecule has 1 N–H and O–H groups in total. The Hall–Kier alpha value is -3.28. The summed E-state index contributed by atoms with van der Waals surface area (Å²) in [5.74, 6) is -0.101. The molecule has 1 heterocycles. The highest BCUT2D eigenvalue weighted by Crippen LogP contribution is 2.40. The van der Waals surface area contributed by atoms with Gasteiger partial charge >= 0.3 is 0 Å². The van der Waals surface area contributed by atoms with E-state index in [2.05, 4.69) is 6.92 Å². The molecule has 2 aromatic rings. The standard InChI is InChI=1S/C27H33NO5/c1-6-7-8-14-28-24(19-10-9-11-21(16-19)32-5)23(26(30)27(28)31)25(29)20-12-13-22(18(4)15-20)33-17(2)3/h9-13,15-17,24,29H,6-8,14H2,1-5H3/b25-23+. The van der Waals surface area contributed by atoms with Gasteiger partial charge in [-0.2, -0.15) is 0 Å². The molecule has 1 aliphatic heterocycles. The molecule has 1 atom stereocenters. The van der Waals surface area contributed by atoms with Gasteiger partial charge in [0.05, 0.1) is 24.8 Å². The SMILES string of the molecule is CCCCCN1C(=O)C(=O)/C(=C(/O)c2ccc(OC(C)C)c(C)c2)C1c1cccc(OC)c1. The van der Waals surface area contributed by atoms with Crippen molar-refractivity contribution < 1.29 is 24.2 Å². The second-order valence-electron chi connectivity index (χ2n) is 8.62. The zero-order valence-electron chi connectivity index (χ0n) is 20.1. The molecule has 1 fully saturated rings. The van der Waals surface area contributed by atoms with Gasteiger partial charge in [-0.3, -0.25) is 9.59 Å². The van der Waals surface area contributed by atoms with Crippen LogP contribution in [-0.4, -0.2) is 41.5 Å². The lowest BCUT2D eigenvalue weighted by Gasteiger charge is -2.25. The summed E-state index contributed by atoms with van der Waals surface area (Å²) in [6, 6.07) is 11.9. The van der Waals surface area contributed by atoms with Crippen LogP contribution in [0, 0.1) is 6.92 Å². The summed E-state index contributed by atoms with van der Waals surface area (Å²) >= 11 is 0. The number of unbranched alkanes of at least 4 members (excludes halogenated alkanes) is 2. The summed E-state index contributed by atoms with van der Waals surface area (Å²) in [7, 11) is 1.57. The first-order valence-electron chi connectivity index (χ1n) is 11.5. The monoisotopic (exact) mass is 451 g/mol. The minimum Gasteiger partial charge on any atom is -0.507 e. The molecule has 1 saturated heterocycles. The molecular weight excluding hydrogens is 418 g/mol. The van der Waals surface area contributed by atoms with Crippen LogP contribution in [0.3, 0.4) is 0 Å². The van der Waals surface area contributed by atoms with Crippen molar-refractivity contribution in [3.05, 3.63) is 64.7 Å². The zero-order chi connectivity index (χ0) is 24.1. The van der Waals surface area contributed by atoms with Crippen molar-refractivity contribution in [3.63, 3.8) is 0 Å². The van der Waals surface area contributed by atoms with E-state index in [9.17, 15) is 14.7 Å². The third-order valence-electron chi connectivity index (χ3n) is 5.76. The molecule has 33 heavy (non-hydrogen) atoms. The molecule has 1 aliphatic rings. The van der Waals surface area contributed by atoms with Crippen LogP contribution >= 0.6 is 0 Å². The molecule has 1 amide bonds. The lowest BCUT2D eigenvalue weighted by molar-refractivity contribution is -0.139. The van der Waals surface area contributed by atoms with E-state index in [1.165, 1.54) is 0 Å². The number of aliphatic hydroxyl groups excluding tert-OH is 1. The molecule has 2 aromatic carbocycles. The second-order valence-corrected chi connectivity index (χ2v) is 8.62. The number of aliphatic hydroxyl groups is 1. The smallest absolute Gasteiger partial charge is 0.295 e. The van der Waals surface area contributed by atoms with Crippen molar-refractivity contribution in [3.8, 4) is 11.5 Å². The largest absolute Gasteiger partial charge is 0.507 e. The Morgan fingerprint density at radius 3 is 2.52 bits per heavy atom. The van der Waals surface area contributed by atoms with E-state index < -0.39 is 17.7 Å². The van der Waals surface area contributed by atoms with E-state index in [-0.39, 0.29) is 17.4 Å². The number of hydrogen-bond donors (Lipinski definition) is 1. The van der Waals surface area contributed by atoms with Crippen molar-refractivity contribution in [2.45, 2.75) is 59.1 Å². The van der Waals surface area contributed by atoms with Gasteiger partial charge in [-0.05, 0) is 68.7 Å². The Morgan fingerprint density at radius 2 is 1.88 bits per heavy atom. The number of Topliss-reactive ketones (excluding diaryl/α,β-unsaturated/α-hetero) is 1. The van der Waals surface area contributed by atoms with E-state index in [4.69, 9.17) is 9.47 Å². The number of hydrogen-bond acceptors (Lipinski definition) is 5. The predicted octanol–water partition coefficient (Wildman–Crippen LogP) is 5.40. The number of benzene rings is 2. The molecular formula is C27H33NO5. The van der Waals surface area contributed by atoms with Gasteiger partial charge in [0.2, 0.25) is 0 Å². The Kier molecular flexibility index (Phi) is 7.79. The Balaban J connectivity index is 2.11. The van der Waals surface area contributed by atoms with Crippen molar-refractivity contribution in [2.24, 2.45) is 0 Å². The molecule has 0 bridgehead atoms. The Labute approximate surface area is 195 Å². The normalized spacial score (nSPS) is 17.6. The summed E-state index contributed by atoms with van der Waals surface area (Å²) in [6.45, 7) is 8.31. The van der Waals surface area contributed by atoms with Crippen LogP contribution in [0.2, 0.25) is 0 Å². The fraction of sp³-hybridized carbons (Fsp3) is 0.407. The fourth-order valence-corrected chi connectivity index (χ4v) is 4.14. The van der Waals surface area contributed by atoms with Gasteiger partial charge in [0.1, 0.15) is 17.3 Å². The molecule has 0 spiro atoms. The molecule has 0 radical (unpaired) electrons. The van der Waals surface area contributed by atoms with Crippen LogP contribution in [0.25, 0.3) is 5.76 Å². The highest BCUT2D eigenvalue weighted by Gasteiger charge is 2.45. The minimum atomic E-state index is -0.677. The number of methoxy groups -OCH3 is 1. The van der Waals surface area contributed by atoms with Gasteiger partial charge in [0, 0.05) is 12.1 Å². The molecule has 176 valence electrons. The van der Waals surface area contributed by atoms with Crippen LogP contribution in [0.4, 0.5) is 0 Å². The second kappa shape index (κ2) is 10.6. The number of carbonyl (C=O) groups is 2. The average Bonchev–Trinajstić information content (AvgIpc) is 3.05. The van der Waals surface area contributed by atoms with Gasteiger partial charge in [-0.25, -0.2) is 0 Å². The van der Waals surface area contributed by atoms with Gasteiger partial charge in [-0.15, -0.1) is 0 Å². The summed E-state index contributed by atoms with van der Waals surface area (Å²) in [4.78, 5) is 27.7. The van der Waals surface area contributed by atoms with Crippen molar-refractivity contribution in [2.75, 3.05) is 13.7 Å². The van der Waals surface area contributed by atoms with E-state index in [0.717, 1.165) is 30.4 Å². The number of rotatable bonds is 9. The first-order chi connectivity index (χ1) is 15.8. The first kappa shape index (κ1) is 24.4. The molecule has 0 aliphatic carbocycles. The third-order valence-corrected chi connectivity index (χ3v) is 5.76. The highest BCUT2D eigenvalue weighted by atomic mass is 16.5. The summed E-state index contributed by atoms with van der Waals surface area (Å²) in [5, 5.41) is 11.3. The molecule has 6 nitrogen and oxygen atoms in total. The maximum Gasteiger partial charge on any atom is 0.295 e. The number of aryl methyl sites for hydroxylation is 1. The Bertz CT molecular complexity index is 1060. The van der Waals surface area contributed by atoms with Gasteiger partial charge in [0.15, 0.2) is 0 Å². The number of ether oxygens (including phenoxy) is 2. The number of likely N-dealkylation sites (tertiary alicyclic amines) is 1. The van der Waals surface area contributed by atoms with Crippen LogP contribution in [0.5, 0.6) is 11.5 Å². The van der Waals surface area contributed by atoms with Gasteiger partial charge < -0.3 is 19.5 Å². The molecule has 0 saturated carbocycles. The van der Waals surface area contributed by atoms with Crippen LogP contribution < -0.4 is 9.47 Å². The van der Waals surface area contributed by atoms with Crippen LogP contribution in [-0.2, 0) is 9.59 Å². The van der Waals surface area contributed by atoms with Crippen molar-refractivity contribution >= 4 is 17.4 Å². The lowest BCUT2D eigenvalue weighted by atomic mass is 9.94. The van der Waals surface area contributed by atoms with Crippen LogP contribution in [0.15, 0.2) is 48.0 Å². The molecule has 1 unspecified atom stereocenters. The molecule has 6 heteroatoms. The predicted molar refractivity (Wildman–Crippen MR) is 128 cm³/mol. The third kappa shape index (κ3) is 5.21.